The maximum atomic E-state index is 10.9. The molecule has 0 spiro atoms. The van der Waals surface area contributed by atoms with Crippen molar-refractivity contribution < 1.29 is 9.21 Å². The lowest BCUT2D eigenvalue weighted by Crippen LogP contribution is -1.99. The van der Waals surface area contributed by atoms with Gasteiger partial charge in [-0.15, -0.1) is 0 Å². The number of nitrogens with one attached hydrogen (secondary N) is 2. The number of aryl methyl sites for hydroxylation is 1. The van der Waals surface area contributed by atoms with Gasteiger partial charge >= 0.3 is 0 Å². The number of nitrogens with zero attached hydrogens (tertiary/aromatic N) is 2. The van der Waals surface area contributed by atoms with Gasteiger partial charge in [-0.1, -0.05) is 0 Å². The summed E-state index contributed by atoms with van der Waals surface area (Å²) in [6.45, 7) is 2.02. The van der Waals surface area contributed by atoms with Crippen LogP contribution < -0.4 is 5.32 Å². The fourth-order valence-electron chi connectivity index (χ4n) is 2.98. The minimum Gasteiger partial charge on any atom is -0.453 e. The van der Waals surface area contributed by atoms with Crippen LogP contribution in [-0.2, 0) is 0 Å². The van der Waals surface area contributed by atoms with Gasteiger partial charge in [-0.25, -0.2) is 0 Å². The Kier molecular flexibility index (Phi) is 3.75. The van der Waals surface area contributed by atoms with Crippen LogP contribution in [0.5, 0.6) is 0 Å². The molecule has 0 bridgehead atoms. The van der Waals surface area contributed by atoms with Crippen LogP contribution in [0.3, 0.4) is 0 Å². The van der Waals surface area contributed by atoms with Crippen LogP contribution in [0, 0.1) is 18.3 Å². The lowest BCUT2D eigenvalue weighted by atomic mass is 10.1. The summed E-state index contributed by atoms with van der Waals surface area (Å²) < 4.78 is 5.52. The first-order valence-corrected chi connectivity index (χ1v) is 7.98. The van der Waals surface area contributed by atoms with Gasteiger partial charge in [-0.05, 0) is 42.8 Å². The van der Waals surface area contributed by atoms with Gasteiger partial charge in [-0.2, -0.15) is 5.26 Å². The number of pyridine rings is 1. The molecule has 4 aromatic rings. The zero-order chi connectivity index (χ0) is 18.1. The lowest BCUT2D eigenvalue weighted by molar-refractivity contribution is 0.110. The second-order valence-corrected chi connectivity index (χ2v) is 5.84. The molecule has 0 aliphatic rings. The highest BCUT2D eigenvalue weighted by atomic mass is 16.3. The third-order valence-electron chi connectivity index (χ3n) is 4.34. The Labute approximate surface area is 149 Å². The predicted molar refractivity (Wildman–Crippen MR) is 98.4 cm³/mol. The molecule has 0 radical (unpaired) electrons. The molecule has 0 atom stereocenters. The lowest BCUT2D eigenvalue weighted by Gasteiger charge is -2.14. The fraction of sp³-hybridized carbons (Fsp3) is 0.0500. The van der Waals surface area contributed by atoms with E-state index < -0.39 is 0 Å². The first kappa shape index (κ1) is 15.7. The molecule has 0 fully saturated rings. The maximum Gasteiger partial charge on any atom is 0.185 e. The Balaban J connectivity index is 1.85. The second kappa shape index (κ2) is 6.22. The molecule has 0 saturated carbocycles. The number of anilines is 2. The van der Waals surface area contributed by atoms with E-state index in [0.717, 1.165) is 22.2 Å². The number of hydrogen-bond donors (Lipinski definition) is 2. The molecule has 0 amide bonds. The standard InChI is InChI=1S/C20H14N4O2/c1-12-15-6-7-23-18(15)4-3-17(12)24-20-13(8-21)9-22-10-16(20)19-5-2-14(11-25)26-19/h2-7,9-11,23H,1H3,(H,22,24). The van der Waals surface area contributed by atoms with E-state index in [4.69, 9.17) is 4.42 Å². The van der Waals surface area contributed by atoms with Crippen LogP contribution in [0.2, 0.25) is 0 Å². The average molecular weight is 342 g/mol. The molecule has 4 rings (SSSR count). The number of aromatic nitrogens is 2. The van der Waals surface area contributed by atoms with Crippen molar-refractivity contribution in [3.8, 4) is 17.4 Å². The number of benzene rings is 1. The van der Waals surface area contributed by atoms with Gasteiger partial charge in [-0.3, -0.25) is 9.78 Å². The van der Waals surface area contributed by atoms with E-state index in [1.165, 1.54) is 6.20 Å². The smallest absolute Gasteiger partial charge is 0.185 e. The number of aldehydes is 1. The van der Waals surface area contributed by atoms with Crippen LogP contribution in [0.15, 0.2) is 53.3 Å². The molecule has 126 valence electrons. The summed E-state index contributed by atoms with van der Waals surface area (Å²) in [5.74, 6) is 0.692. The van der Waals surface area contributed by atoms with E-state index in [1.54, 1.807) is 18.3 Å². The van der Waals surface area contributed by atoms with Gasteiger partial charge in [0.25, 0.3) is 0 Å². The third-order valence-corrected chi connectivity index (χ3v) is 4.34. The SMILES string of the molecule is Cc1c(Nc2c(C#N)cncc2-c2ccc(C=O)o2)ccc2[nH]ccc12. The third kappa shape index (κ3) is 2.52. The van der Waals surface area contributed by atoms with Crippen molar-refractivity contribution >= 4 is 28.6 Å². The number of carbonyl (C=O) groups is 1. The number of carbonyl (C=O) groups excluding carboxylic acids is 1. The van der Waals surface area contributed by atoms with E-state index in [-0.39, 0.29) is 5.76 Å². The average Bonchev–Trinajstić information content (AvgIpc) is 3.33. The molecule has 0 unspecified atom stereocenters. The number of aromatic amines is 1. The minimum absolute atomic E-state index is 0.221. The zero-order valence-electron chi connectivity index (χ0n) is 13.9. The van der Waals surface area contributed by atoms with Crippen LogP contribution in [0.25, 0.3) is 22.2 Å². The largest absolute Gasteiger partial charge is 0.453 e. The van der Waals surface area contributed by atoms with Crippen molar-refractivity contribution in [3.05, 3.63) is 65.8 Å². The van der Waals surface area contributed by atoms with Crippen molar-refractivity contribution in [2.75, 3.05) is 5.32 Å². The van der Waals surface area contributed by atoms with Crippen molar-refractivity contribution in [1.29, 1.82) is 5.26 Å². The highest BCUT2D eigenvalue weighted by Gasteiger charge is 2.16. The molecule has 3 heterocycles. The van der Waals surface area contributed by atoms with Gasteiger partial charge in [0.15, 0.2) is 12.0 Å². The van der Waals surface area contributed by atoms with Gasteiger partial charge in [0, 0.05) is 35.2 Å². The summed E-state index contributed by atoms with van der Waals surface area (Å²) in [6.07, 6.45) is 5.65. The summed E-state index contributed by atoms with van der Waals surface area (Å²) in [4.78, 5) is 18.2. The molecule has 3 aromatic heterocycles. The number of fused-ring (bicyclic) bond motifs is 1. The molecule has 0 aliphatic heterocycles. The molecule has 2 N–H and O–H groups in total. The topological polar surface area (TPSA) is 94.7 Å². The Hall–Kier alpha value is -3.85. The number of hydrogen-bond acceptors (Lipinski definition) is 5. The summed E-state index contributed by atoms with van der Waals surface area (Å²) in [5, 5.41) is 14.0. The Morgan fingerprint density at radius 1 is 1.23 bits per heavy atom. The number of nitriles is 1. The molecule has 1 aromatic carbocycles. The van der Waals surface area contributed by atoms with Gasteiger partial charge in [0.05, 0.1) is 16.8 Å². The molecular formula is C20H14N4O2. The van der Waals surface area contributed by atoms with Crippen molar-refractivity contribution in [1.82, 2.24) is 9.97 Å². The van der Waals surface area contributed by atoms with E-state index in [0.29, 0.717) is 28.9 Å². The summed E-state index contributed by atoms with van der Waals surface area (Å²) in [7, 11) is 0. The van der Waals surface area contributed by atoms with Crippen molar-refractivity contribution in [2.24, 2.45) is 0 Å². The summed E-state index contributed by atoms with van der Waals surface area (Å²) in [6, 6.07) is 11.4. The van der Waals surface area contributed by atoms with Crippen LogP contribution in [0.4, 0.5) is 11.4 Å². The second-order valence-electron chi connectivity index (χ2n) is 5.84. The number of rotatable bonds is 4. The molecule has 6 heteroatoms. The minimum atomic E-state index is 0.221. The molecule has 0 saturated heterocycles. The van der Waals surface area contributed by atoms with Crippen molar-refractivity contribution in [3.63, 3.8) is 0 Å². The zero-order valence-corrected chi connectivity index (χ0v) is 13.9. The van der Waals surface area contributed by atoms with Gasteiger partial charge < -0.3 is 14.7 Å². The Bertz CT molecular complexity index is 1160. The van der Waals surface area contributed by atoms with Crippen LogP contribution >= 0.6 is 0 Å². The predicted octanol–water partition coefficient (Wildman–Crippen LogP) is 4.56. The van der Waals surface area contributed by atoms with Gasteiger partial charge in [0.2, 0.25) is 0 Å². The van der Waals surface area contributed by atoms with E-state index in [1.807, 2.05) is 31.3 Å². The monoisotopic (exact) mass is 342 g/mol. The van der Waals surface area contributed by atoms with Crippen LogP contribution in [-0.4, -0.2) is 16.3 Å². The molecular weight excluding hydrogens is 328 g/mol. The first-order chi connectivity index (χ1) is 12.7. The van der Waals surface area contributed by atoms with Gasteiger partial charge in [0.1, 0.15) is 11.8 Å². The molecule has 0 aliphatic carbocycles. The number of furan rings is 1. The highest BCUT2D eigenvalue weighted by Crippen LogP contribution is 2.35. The Morgan fingerprint density at radius 3 is 2.88 bits per heavy atom. The van der Waals surface area contributed by atoms with E-state index in [9.17, 15) is 10.1 Å². The fourth-order valence-corrected chi connectivity index (χ4v) is 2.98. The summed E-state index contributed by atoms with van der Waals surface area (Å²) >= 11 is 0. The number of H-pyrrole nitrogens is 1. The van der Waals surface area contributed by atoms with E-state index in [2.05, 4.69) is 21.4 Å². The first-order valence-electron chi connectivity index (χ1n) is 7.98. The summed E-state index contributed by atoms with van der Waals surface area (Å²) in [5.41, 5.74) is 4.58. The van der Waals surface area contributed by atoms with Crippen molar-refractivity contribution in [2.45, 2.75) is 6.92 Å². The maximum absolute atomic E-state index is 10.9. The normalized spacial score (nSPS) is 10.6. The van der Waals surface area contributed by atoms with E-state index >= 15 is 0 Å². The molecule has 6 nitrogen and oxygen atoms in total. The van der Waals surface area contributed by atoms with Crippen LogP contribution in [0.1, 0.15) is 21.7 Å². The molecule has 26 heavy (non-hydrogen) atoms. The highest BCUT2D eigenvalue weighted by molar-refractivity contribution is 5.91. The quantitative estimate of drug-likeness (QED) is 0.530. The Morgan fingerprint density at radius 2 is 2.12 bits per heavy atom.